The average molecular weight is 240 g/mol. The van der Waals surface area contributed by atoms with E-state index in [0.717, 1.165) is 25.7 Å². The summed E-state index contributed by atoms with van der Waals surface area (Å²) in [7, 11) is 0. The number of carboxylic acids is 1. The van der Waals surface area contributed by atoms with Crippen LogP contribution in [0, 0.1) is 11.8 Å². The standard InChI is InChI=1S/C12H20N2O3/c1-12(2,8-5-6-8)14-11(17)13-9(10(15)16)7-3-4-7/h7-9H,3-6H2,1-2H3,(H,15,16)(H2,13,14,17). The van der Waals surface area contributed by atoms with Gasteiger partial charge in [0.15, 0.2) is 0 Å². The first kappa shape index (κ1) is 12.2. The SMILES string of the molecule is CC(C)(NC(=O)NC(C(=O)O)C1CC1)C1CC1. The molecule has 0 saturated heterocycles. The van der Waals surface area contributed by atoms with Crippen molar-refractivity contribution < 1.29 is 14.7 Å². The van der Waals surface area contributed by atoms with Crippen LogP contribution in [0.2, 0.25) is 0 Å². The average Bonchev–Trinajstić information content (AvgIpc) is 2.98. The third-order valence-corrected chi connectivity index (χ3v) is 3.68. The molecule has 3 N–H and O–H groups in total. The lowest BCUT2D eigenvalue weighted by Gasteiger charge is -2.27. The van der Waals surface area contributed by atoms with Gasteiger partial charge < -0.3 is 15.7 Å². The van der Waals surface area contributed by atoms with Gasteiger partial charge in [-0.15, -0.1) is 0 Å². The topological polar surface area (TPSA) is 78.4 Å². The van der Waals surface area contributed by atoms with Crippen molar-refractivity contribution >= 4 is 12.0 Å². The number of nitrogens with one attached hydrogen (secondary N) is 2. The molecular formula is C12H20N2O3. The highest BCUT2D eigenvalue weighted by molar-refractivity contribution is 5.83. The van der Waals surface area contributed by atoms with E-state index >= 15 is 0 Å². The van der Waals surface area contributed by atoms with Crippen molar-refractivity contribution in [2.45, 2.75) is 51.1 Å². The lowest BCUT2D eigenvalue weighted by atomic mass is 9.99. The zero-order valence-corrected chi connectivity index (χ0v) is 10.3. The van der Waals surface area contributed by atoms with Crippen molar-refractivity contribution in [3.05, 3.63) is 0 Å². The number of carbonyl (C=O) groups is 2. The quantitative estimate of drug-likeness (QED) is 0.678. The van der Waals surface area contributed by atoms with Gasteiger partial charge in [0.2, 0.25) is 0 Å². The summed E-state index contributed by atoms with van der Waals surface area (Å²) < 4.78 is 0. The predicted octanol–water partition coefficient (Wildman–Crippen LogP) is 1.34. The van der Waals surface area contributed by atoms with E-state index in [1.165, 1.54) is 0 Å². The number of aliphatic carboxylic acids is 1. The molecule has 2 aliphatic carbocycles. The van der Waals surface area contributed by atoms with Crippen LogP contribution in [-0.2, 0) is 4.79 Å². The highest BCUT2D eigenvalue weighted by atomic mass is 16.4. The van der Waals surface area contributed by atoms with Crippen LogP contribution in [0.4, 0.5) is 4.79 Å². The van der Waals surface area contributed by atoms with E-state index in [1.807, 2.05) is 13.8 Å². The van der Waals surface area contributed by atoms with Crippen molar-refractivity contribution in [3.8, 4) is 0 Å². The first-order chi connectivity index (χ1) is 7.90. The van der Waals surface area contributed by atoms with Crippen LogP contribution in [-0.4, -0.2) is 28.7 Å². The maximum Gasteiger partial charge on any atom is 0.326 e. The molecule has 1 unspecified atom stereocenters. The molecule has 1 atom stereocenters. The minimum atomic E-state index is -0.938. The van der Waals surface area contributed by atoms with E-state index in [1.54, 1.807) is 0 Å². The molecule has 0 aromatic carbocycles. The molecule has 0 aromatic heterocycles. The Labute approximate surface area is 101 Å². The first-order valence-corrected chi connectivity index (χ1v) is 6.21. The van der Waals surface area contributed by atoms with Crippen LogP contribution in [0.1, 0.15) is 39.5 Å². The maximum atomic E-state index is 11.8. The molecule has 0 heterocycles. The fourth-order valence-electron chi connectivity index (χ4n) is 2.19. The van der Waals surface area contributed by atoms with E-state index in [-0.39, 0.29) is 17.5 Å². The number of hydrogen-bond acceptors (Lipinski definition) is 2. The predicted molar refractivity (Wildman–Crippen MR) is 62.6 cm³/mol. The van der Waals surface area contributed by atoms with Crippen LogP contribution in [0.3, 0.4) is 0 Å². The largest absolute Gasteiger partial charge is 0.480 e. The highest BCUT2D eigenvalue weighted by Gasteiger charge is 2.41. The molecule has 0 aliphatic heterocycles. The zero-order chi connectivity index (χ0) is 12.6. The van der Waals surface area contributed by atoms with E-state index in [9.17, 15) is 9.59 Å². The first-order valence-electron chi connectivity index (χ1n) is 6.21. The van der Waals surface area contributed by atoms with Crippen molar-refractivity contribution in [2.75, 3.05) is 0 Å². The second kappa shape index (κ2) is 4.20. The second-order valence-corrected chi connectivity index (χ2v) is 5.75. The number of carbonyl (C=O) groups excluding carboxylic acids is 1. The zero-order valence-electron chi connectivity index (χ0n) is 10.3. The molecule has 2 rings (SSSR count). The van der Waals surface area contributed by atoms with Gasteiger partial charge in [-0.1, -0.05) is 0 Å². The Morgan fingerprint density at radius 3 is 2.24 bits per heavy atom. The lowest BCUT2D eigenvalue weighted by molar-refractivity contribution is -0.139. The molecule has 5 heteroatoms. The normalized spacial score (nSPS) is 21.8. The van der Waals surface area contributed by atoms with Gasteiger partial charge >= 0.3 is 12.0 Å². The molecule has 2 fully saturated rings. The Bertz CT molecular complexity index is 333. The summed E-state index contributed by atoms with van der Waals surface area (Å²) in [6.45, 7) is 3.97. The van der Waals surface area contributed by atoms with E-state index in [2.05, 4.69) is 10.6 Å². The minimum Gasteiger partial charge on any atom is -0.480 e. The third kappa shape index (κ3) is 3.11. The number of carboxylic acid groups (broad SMARTS) is 1. The maximum absolute atomic E-state index is 11.8. The summed E-state index contributed by atoms with van der Waals surface area (Å²) in [5.74, 6) is -0.299. The smallest absolute Gasteiger partial charge is 0.326 e. The van der Waals surface area contributed by atoms with Crippen LogP contribution < -0.4 is 10.6 Å². The van der Waals surface area contributed by atoms with Crippen molar-refractivity contribution in [1.29, 1.82) is 0 Å². The van der Waals surface area contributed by atoms with Crippen LogP contribution in [0.25, 0.3) is 0 Å². The van der Waals surface area contributed by atoms with E-state index in [4.69, 9.17) is 5.11 Å². The summed E-state index contributed by atoms with van der Waals surface area (Å²) in [5.41, 5.74) is -0.239. The molecule has 96 valence electrons. The van der Waals surface area contributed by atoms with E-state index < -0.39 is 12.0 Å². The summed E-state index contributed by atoms with van der Waals surface area (Å²) in [4.78, 5) is 22.7. The van der Waals surface area contributed by atoms with Gasteiger partial charge in [-0.3, -0.25) is 0 Å². The van der Waals surface area contributed by atoms with Gasteiger partial charge in [0, 0.05) is 5.54 Å². The van der Waals surface area contributed by atoms with Gasteiger partial charge in [-0.05, 0) is 51.4 Å². The van der Waals surface area contributed by atoms with Crippen molar-refractivity contribution in [2.24, 2.45) is 11.8 Å². The number of rotatable bonds is 5. The Morgan fingerprint density at radius 1 is 1.24 bits per heavy atom. The van der Waals surface area contributed by atoms with Gasteiger partial charge in [0.1, 0.15) is 6.04 Å². The fraction of sp³-hybridized carbons (Fsp3) is 0.833. The summed E-state index contributed by atoms with van der Waals surface area (Å²) in [6.07, 6.45) is 4.06. The number of urea groups is 1. The summed E-state index contributed by atoms with van der Waals surface area (Å²) in [6, 6.07) is -1.09. The molecule has 0 radical (unpaired) electrons. The molecule has 0 spiro atoms. The molecule has 0 aromatic rings. The Kier molecular flexibility index (Phi) is 3.02. The molecule has 2 amide bonds. The van der Waals surface area contributed by atoms with Gasteiger partial charge in [0.25, 0.3) is 0 Å². The molecule has 5 nitrogen and oxygen atoms in total. The molecule has 2 saturated carbocycles. The fourth-order valence-corrected chi connectivity index (χ4v) is 2.19. The number of hydrogen-bond donors (Lipinski definition) is 3. The molecule has 0 bridgehead atoms. The minimum absolute atomic E-state index is 0.113. The second-order valence-electron chi connectivity index (χ2n) is 5.75. The van der Waals surface area contributed by atoms with Gasteiger partial charge in [-0.2, -0.15) is 0 Å². The lowest BCUT2D eigenvalue weighted by Crippen LogP contribution is -2.54. The van der Waals surface area contributed by atoms with Crippen LogP contribution in [0.5, 0.6) is 0 Å². The molecular weight excluding hydrogens is 220 g/mol. The van der Waals surface area contributed by atoms with Crippen molar-refractivity contribution in [3.63, 3.8) is 0 Å². The van der Waals surface area contributed by atoms with Crippen LogP contribution >= 0.6 is 0 Å². The van der Waals surface area contributed by atoms with Gasteiger partial charge in [-0.25, -0.2) is 9.59 Å². The Hall–Kier alpha value is -1.26. The van der Waals surface area contributed by atoms with E-state index in [0.29, 0.717) is 5.92 Å². The summed E-state index contributed by atoms with van der Waals surface area (Å²) >= 11 is 0. The van der Waals surface area contributed by atoms with Crippen LogP contribution in [0.15, 0.2) is 0 Å². The Morgan fingerprint density at radius 2 is 1.82 bits per heavy atom. The van der Waals surface area contributed by atoms with Gasteiger partial charge in [0.05, 0.1) is 0 Å². The summed E-state index contributed by atoms with van der Waals surface area (Å²) in [5, 5.41) is 14.5. The van der Waals surface area contributed by atoms with Crippen molar-refractivity contribution in [1.82, 2.24) is 10.6 Å². The Balaban J connectivity index is 1.85. The number of amides is 2. The third-order valence-electron chi connectivity index (χ3n) is 3.68. The monoisotopic (exact) mass is 240 g/mol. The highest BCUT2D eigenvalue weighted by Crippen LogP contribution is 2.39. The molecule has 2 aliphatic rings. The molecule has 17 heavy (non-hydrogen) atoms.